The summed E-state index contributed by atoms with van der Waals surface area (Å²) in [6, 6.07) is 0. The second-order valence-corrected chi connectivity index (χ2v) is 8.51. The number of rotatable bonds is 0. The smallest absolute Gasteiger partial charge is 1.00 e. The Bertz CT molecular complexity index is 544. The van der Waals surface area contributed by atoms with Crippen molar-refractivity contribution in [3.05, 3.63) is 50.2 Å². The molecular formula is C12H4Cl10MgS2. The second kappa shape index (κ2) is 11.9. The molecule has 0 unspecified atom stereocenters. The first-order chi connectivity index (χ1) is 10.9. The molecule has 136 valence electrons. The Hall–Kier alpha value is 2.81. The third-order valence-corrected chi connectivity index (χ3v) is 8.35. The minimum Gasteiger partial charge on any atom is -1.00 e. The van der Waals surface area contributed by atoms with Gasteiger partial charge in [-0.15, -0.1) is 25.3 Å². The van der Waals surface area contributed by atoms with Gasteiger partial charge in [0.2, 0.25) is 0 Å². The van der Waals surface area contributed by atoms with Crippen LogP contribution in [0.1, 0.15) is 2.85 Å². The molecule has 13 heteroatoms. The van der Waals surface area contributed by atoms with Crippen LogP contribution in [0.4, 0.5) is 0 Å². The van der Waals surface area contributed by atoms with Crippen LogP contribution >= 0.6 is 141 Å². The quantitative estimate of drug-likeness (QED) is 0.130. The maximum Gasteiger partial charge on any atom is 2.00 e. The van der Waals surface area contributed by atoms with Crippen molar-refractivity contribution in [1.29, 1.82) is 0 Å². The van der Waals surface area contributed by atoms with Gasteiger partial charge in [0.25, 0.3) is 0 Å². The van der Waals surface area contributed by atoms with E-state index in [2.05, 4.69) is 25.3 Å². The fourth-order valence-electron chi connectivity index (χ4n) is 1.19. The Kier molecular flexibility index (Phi) is 13.2. The number of halogens is 10. The van der Waals surface area contributed by atoms with Gasteiger partial charge in [-0.25, -0.2) is 0 Å². The zero-order valence-electron chi connectivity index (χ0n) is 13.4. The van der Waals surface area contributed by atoms with Crippen molar-refractivity contribution in [3.63, 3.8) is 0 Å². The van der Waals surface area contributed by atoms with E-state index in [0.717, 1.165) is 0 Å². The molecule has 0 bridgehead atoms. The first kappa shape index (κ1) is 27.8. The third-order valence-electron chi connectivity index (χ3n) is 2.37. The summed E-state index contributed by atoms with van der Waals surface area (Å²) >= 11 is 65.1. The van der Waals surface area contributed by atoms with E-state index in [9.17, 15) is 0 Å². The molecule has 0 aromatic heterocycles. The SMILES string of the molecule is Sc1c(Cl)c(Cl)c(Cl)c(Cl)c1Cl.Sc1c(Cl)c(Cl)c(Cl)c(Cl)c1Cl.[H-].[H-].[Mg+2]. The summed E-state index contributed by atoms with van der Waals surface area (Å²) in [6.45, 7) is 0. The zero-order valence-corrected chi connectivity index (χ0v) is 22.1. The summed E-state index contributed by atoms with van der Waals surface area (Å²) in [5, 5.41) is 1.78. The third kappa shape index (κ3) is 6.39. The Labute approximate surface area is 224 Å². The molecule has 0 saturated heterocycles. The van der Waals surface area contributed by atoms with Crippen LogP contribution in [0.5, 0.6) is 0 Å². The van der Waals surface area contributed by atoms with Crippen LogP contribution in [0.3, 0.4) is 0 Å². The molecule has 0 radical (unpaired) electrons. The van der Waals surface area contributed by atoms with E-state index in [4.69, 9.17) is 116 Å². The predicted molar refractivity (Wildman–Crippen MR) is 125 cm³/mol. The maximum atomic E-state index is 5.72. The van der Waals surface area contributed by atoms with Crippen LogP contribution in [0.2, 0.25) is 50.2 Å². The molecule has 0 fully saturated rings. The average molecular weight is 591 g/mol. The number of thiol groups is 2. The van der Waals surface area contributed by atoms with Gasteiger partial charge < -0.3 is 2.85 Å². The van der Waals surface area contributed by atoms with E-state index in [1.807, 2.05) is 0 Å². The van der Waals surface area contributed by atoms with E-state index in [1.54, 1.807) is 0 Å². The van der Waals surface area contributed by atoms with E-state index in [-0.39, 0.29) is 76.1 Å². The van der Waals surface area contributed by atoms with E-state index in [0.29, 0.717) is 9.79 Å². The summed E-state index contributed by atoms with van der Waals surface area (Å²) in [5.74, 6) is 0. The molecule has 0 spiro atoms. The molecule has 2 rings (SSSR count). The molecule has 0 N–H and O–H groups in total. The Balaban J connectivity index is -0.000000384. The number of hydrogen-bond acceptors (Lipinski definition) is 2. The molecule has 0 aliphatic heterocycles. The standard InChI is InChI=1S/2C6HCl5S.Mg.2H/c2*7-1-2(8)4(10)6(12)5(11)3(1)9;;;/h2*12H;;;/q;;+2;2*-1. The number of hydrogen-bond donors (Lipinski definition) is 2. The maximum absolute atomic E-state index is 5.72. The summed E-state index contributed by atoms with van der Waals surface area (Å²) in [6.07, 6.45) is 0. The predicted octanol–water partition coefficient (Wildman–Crippen LogP) is 10.3. The van der Waals surface area contributed by atoms with Crippen LogP contribution in [-0.4, -0.2) is 23.1 Å². The van der Waals surface area contributed by atoms with Gasteiger partial charge >= 0.3 is 23.1 Å². The van der Waals surface area contributed by atoms with Gasteiger partial charge in [0, 0.05) is 9.79 Å². The van der Waals surface area contributed by atoms with Crippen molar-refractivity contribution in [1.82, 2.24) is 0 Å². The van der Waals surface area contributed by atoms with Gasteiger partial charge in [-0.3, -0.25) is 0 Å². The molecule has 0 aliphatic carbocycles. The molecule has 0 saturated carbocycles. The van der Waals surface area contributed by atoms with Crippen LogP contribution in [0.25, 0.3) is 0 Å². The number of benzene rings is 2. The topological polar surface area (TPSA) is 0 Å². The normalized spacial score (nSPS) is 10.1. The Morgan fingerprint density at radius 2 is 0.480 bits per heavy atom. The molecule has 2 aromatic rings. The fraction of sp³-hybridized carbons (Fsp3) is 0. The molecule has 0 nitrogen and oxygen atoms in total. The van der Waals surface area contributed by atoms with Crippen molar-refractivity contribution >= 4 is 164 Å². The fourth-order valence-corrected chi connectivity index (χ4v) is 4.17. The Morgan fingerprint density at radius 1 is 0.360 bits per heavy atom. The van der Waals surface area contributed by atoms with E-state index in [1.165, 1.54) is 0 Å². The van der Waals surface area contributed by atoms with Gasteiger partial charge in [-0.05, 0) is 0 Å². The summed E-state index contributed by atoms with van der Waals surface area (Å²) < 4.78 is 0. The van der Waals surface area contributed by atoms with Crippen molar-refractivity contribution < 1.29 is 2.85 Å². The van der Waals surface area contributed by atoms with Crippen LogP contribution < -0.4 is 0 Å². The molecule has 25 heavy (non-hydrogen) atoms. The van der Waals surface area contributed by atoms with Gasteiger partial charge in [0.1, 0.15) is 0 Å². The average Bonchev–Trinajstić information content (AvgIpc) is 2.58. The Morgan fingerprint density at radius 3 is 0.640 bits per heavy atom. The van der Waals surface area contributed by atoms with Gasteiger partial charge in [-0.1, -0.05) is 116 Å². The van der Waals surface area contributed by atoms with Gasteiger partial charge in [0.05, 0.1) is 50.2 Å². The summed E-state index contributed by atoms with van der Waals surface area (Å²) in [7, 11) is 0. The van der Waals surface area contributed by atoms with Crippen LogP contribution in [0, 0.1) is 0 Å². The van der Waals surface area contributed by atoms with Crippen LogP contribution in [-0.2, 0) is 0 Å². The minimum absolute atomic E-state index is 0. The first-order valence-corrected chi connectivity index (χ1v) is 10.0. The summed E-state index contributed by atoms with van der Waals surface area (Å²) in [5.41, 5.74) is 0. The van der Waals surface area contributed by atoms with Crippen molar-refractivity contribution in [2.45, 2.75) is 9.79 Å². The molecule has 0 aliphatic rings. The molecule has 0 heterocycles. The molecule has 0 atom stereocenters. The van der Waals surface area contributed by atoms with Gasteiger partial charge in [-0.2, -0.15) is 0 Å². The molecular weight excluding hydrogens is 587 g/mol. The first-order valence-electron chi connectivity index (χ1n) is 5.34. The minimum atomic E-state index is 0. The summed E-state index contributed by atoms with van der Waals surface area (Å²) in [4.78, 5) is 0.662. The largest absolute Gasteiger partial charge is 2.00 e. The van der Waals surface area contributed by atoms with Crippen molar-refractivity contribution in [2.75, 3.05) is 0 Å². The van der Waals surface area contributed by atoms with E-state index >= 15 is 0 Å². The van der Waals surface area contributed by atoms with Gasteiger partial charge in [0.15, 0.2) is 0 Å². The van der Waals surface area contributed by atoms with Crippen LogP contribution in [0.15, 0.2) is 9.79 Å². The molecule has 2 aromatic carbocycles. The van der Waals surface area contributed by atoms with Crippen molar-refractivity contribution in [2.24, 2.45) is 0 Å². The van der Waals surface area contributed by atoms with E-state index < -0.39 is 0 Å². The second-order valence-electron chi connectivity index (χ2n) is 3.84. The monoisotopic (exact) mass is 586 g/mol. The van der Waals surface area contributed by atoms with Crippen molar-refractivity contribution in [3.8, 4) is 0 Å². The zero-order chi connectivity index (χ0) is 18.9. The molecule has 0 amide bonds.